The maximum absolute atomic E-state index is 2.43. The van der Waals surface area contributed by atoms with Gasteiger partial charge >= 0.3 is 93.3 Å². The van der Waals surface area contributed by atoms with E-state index in [9.17, 15) is 0 Å². The number of alkyl halides is 1. The van der Waals surface area contributed by atoms with Gasteiger partial charge in [-0.3, -0.25) is 0 Å². The Morgan fingerprint density at radius 3 is 2.50 bits per heavy atom. The van der Waals surface area contributed by atoms with Gasteiger partial charge in [0, 0.05) is 0 Å². The van der Waals surface area contributed by atoms with Crippen molar-refractivity contribution in [2.24, 2.45) is 0 Å². The summed E-state index contributed by atoms with van der Waals surface area (Å²) in [5, 5.41) is 0. The summed E-state index contributed by atoms with van der Waals surface area (Å²) in [6, 6.07) is 10.9. The molecule has 1 heteroatoms. The van der Waals surface area contributed by atoms with E-state index >= 15 is 0 Å². The Hall–Kier alpha value is -0.570. The summed E-state index contributed by atoms with van der Waals surface area (Å²) in [7, 11) is 0. The van der Waals surface area contributed by atoms with Gasteiger partial charge in [0.15, 0.2) is 0 Å². The third-order valence-electron chi connectivity index (χ3n) is 2.34. The van der Waals surface area contributed by atoms with Crippen molar-refractivity contribution in [3.8, 4) is 0 Å². The van der Waals surface area contributed by atoms with Gasteiger partial charge in [0.25, 0.3) is 0 Å². The molecule has 2 rings (SSSR count). The summed E-state index contributed by atoms with van der Waals surface area (Å²) >= 11 is -1.05. The monoisotopic (exact) mass is 298 g/mol. The van der Waals surface area contributed by atoms with Crippen LogP contribution in [0, 0.1) is 3.57 Å². The van der Waals surface area contributed by atoms with E-state index in [0.717, 1.165) is 0 Å². The zero-order valence-corrected chi connectivity index (χ0v) is 10.6. The first-order valence-corrected chi connectivity index (χ1v) is 9.21. The molecule has 1 aromatic rings. The second kappa shape index (κ2) is 4.78. The topological polar surface area (TPSA) is 0 Å². The fourth-order valence-electron chi connectivity index (χ4n) is 1.52. The molecule has 0 unspecified atom stereocenters. The molecular formula is C13H15I. The maximum atomic E-state index is 2.43. The molecule has 0 fully saturated rings. The van der Waals surface area contributed by atoms with Crippen LogP contribution in [0.4, 0.5) is 0 Å². The number of benzene rings is 1. The molecule has 1 aromatic carbocycles. The molecule has 0 atom stereocenters. The first-order chi connectivity index (χ1) is 6.88. The van der Waals surface area contributed by atoms with Crippen molar-refractivity contribution in [3.05, 3.63) is 55.7 Å². The van der Waals surface area contributed by atoms with Crippen LogP contribution >= 0.6 is 19.8 Å². The standard InChI is InChI=1S/C13H15I/c1-14(12-8-4-2-5-9-12)13-10-6-3-7-11-13/h2,4-6,8-11H,3,7H2,1H3. The van der Waals surface area contributed by atoms with Gasteiger partial charge in [-0.25, -0.2) is 0 Å². The van der Waals surface area contributed by atoms with Crippen molar-refractivity contribution in [3.63, 3.8) is 0 Å². The Morgan fingerprint density at radius 2 is 1.86 bits per heavy atom. The van der Waals surface area contributed by atoms with E-state index in [2.05, 4.69) is 53.5 Å². The van der Waals surface area contributed by atoms with Gasteiger partial charge in [-0.1, -0.05) is 0 Å². The third kappa shape index (κ3) is 2.27. The molecule has 0 heterocycles. The molecule has 14 heavy (non-hydrogen) atoms. The Balaban J connectivity index is 2.20. The van der Waals surface area contributed by atoms with Crippen molar-refractivity contribution in [1.82, 2.24) is 0 Å². The Kier molecular flexibility index (Phi) is 3.40. The van der Waals surface area contributed by atoms with Crippen LogP contribution in [0.2, 0.25) is 0 Å². The van der Waals surface area contributed by atoms with Gasteiger partial charge in [-0.05, 0) is 0 Å². The quantitative estimate of drug-likeness (QED) is 0.566. The summed E-state index contributed by atoms with van der Waals surface area (Å²) < 4.78 is 3.18. The number of halogens is 1. The summed E-state index contributed by atoms with van der Waals surface area (Å²) in [5.74, 6) is 0. The second-order valence-corrected chi connectivity index (χ2v) is 8.52. The minimum absolute atomic E-state index is 1.05. The van der Waals surface area contributed by atoms with Crippen LogP contribution < -0.4 is 0 Å². The van der Waals surface area contributed by atoms with E-state index in [1.54, 1.807) is 7.15 Å². The Morgan fingerprint density at radius 1 is 1.07 bits per heavy atom. The molecule has 0 aliphatic heterocycles. The van der Waals surface area contributed by atoms with Gasteiger partial charge in [0.05, 0.1) is 0 Å². The van der Waals surface area contributed by atoms with Crippen LogP contribution in [0.15, 0.2) is 52.1 Å². The summed E-state index contributed by atoms with van der Waals surface area (Å²) in [6.07, 6.45) is 9.54. The average Bonchev–Trinajstić information content (AvgIpc) is 2.30. The van der Waals surface area contributed by atoms with Crippen LogP contribution in [0.1, 0.15) is 12.8 Å². The predicted octanol–water partition coefficient (Wildman–Crippen LogP) is 4.23. The molecule has 0 spiro atoms. The van der Waals surface area contributed by atoms with Crippen molar-refractivity contribution >= 4 is 19.8 Å². The molecule has 0 aromatic heterocycles. The molecule has 74 valence electrons. The summed E-state index contributed by atoms with van der Waals surface area (Å²) in [4.78, 5) is 2.43. The number of allylic oxidation sites excluding steroid dienone is 4. The van der Waals surface area contributed by atoms with E-state index < -0.39 is 19.8 Å². The average molecular weight is 298 g/mol. The molecule has 0 saturated carbocycles. The molecule has 1 aliphatic rings. The van der Waals surface area contributed by atoms with E-state index in [0.29, 0.717) is 0 Å². The van der Waals surface area contributed by atoms with Gasteiger partial charge in [0.1, 0.15) is 0 Å². The predicted molar refractivity (Wildman–Crippen MR) is 71.5 cm³/mol. The SMILES string of the molecule is CI(C1=CCCC=C1)c1ccccc1. The van der Waals surface area contributed by atoms with Crippen LogP contribution in [-0.4, -0.2) is 4.93 Å². The van der Waals surface area contributed by atoms with E-state index in [1.165, 1.54) is 12.8 Å². The first-order valence-electron chi connectivity index (χ1n) is 4.89. The second-order valence-electron chi connectivity index (χ2n) is 3.34. The number of hydrogen-bond acceptors (Lipinski definition) is 0. The van der Waals surface area contributed by atoms with Crippen LogP contribution in [-0.2, 0) is 0 Å². The van der Waals surface area contributed by atoms with Crippen molar-refractivity contribution < 1.29 is 0 Å². The van der Waals surface area contributed by atoms with Crippen molar-refractivity contribution in [2.45, 2.75) is 12.8 Å². The van der Waals surface area contributed by atoms with Gasteiger partial charge in [0.2, 0.25) is 0 Å². The zero-order valence-electron chi connectivity index (χ0n) is 8.41. The Bertz CT molecular complexity index is 349. The van der Waals surface area contributed by atoms with E-state index in [1.807, 2.05) is 0 Å². The molecule has 0 bridgehead atoms. The van der Waals surface area contributed by atoms with Crippen LogP contribution in [0.3, 0.4) is 0 Å². The third-order valence-corrected chi connectivity index (χ3v) is 7.59. The molecule has 0 amide bonds. The van der Waals surface area contributed by atoms with Gasteiger partial charge in [-0.2, -0.15) is 0 Å². The minimum atomic E-state index is -1.05. The van der Waals surface area contributed by atoms with E-state index in [-0.39, 0.29) is 0 Å². The van der Waals surface area contributed by atoms with Crippen molar-refractivity contribution in [2.75, 3.05) is 4.93 Å². The molecule has 0 radical (unpaired) electrons. The zero-order chi connectivity index (χ0) is 9.80. The summed E-state index contributed by atoms with van der Waals surface area (Å²) in [5.41, 5.74) is 0. The first kappa shape index (κ1) is 9.97. The van der Waals surface area contributed by atoms with E-state index in [4.69, 9.17) is 0 Å². The normalized spacial score (nSPS) is 16.4. The molecule has 0 nitrogen and oxygen atoms in total. The fraction of sp³-hybridized carbons (Fsp3) is 0.231. The molecular weight excluding hydrogens is 283 g/mol. The molecule has 0 N–H and O–H groups in total. The number of hydrogen-bond donors (Lipinski definition) is 0. The van der Waals surface area contributed by atoms with Gasteiger partial charge < -0.3 is 0 Å². The number of rotatable bonds is 2. The van der Waals surface area contributed by atoms with Crippen molar-refractivity contribution in [1.29, 1.82) is 0 Å². The Labute approximate surface area is 93.1 Å². The molecule has 1 aliphatic carbocycles. The summed E-state index contributed by atoms with van der Waals surface area (Å²) in [6.45, 7) is 0. The van der Waals surface area contributed by atoms with Gasteiger partial charge in [-0.15, -0.1) is 0 Å². The fourth-order valence-corrected chi connectivity index (χ4v) is 5.50. The van der Waals surface area contributed by atoms with Crippen LogP contribution in [0.5, 0.6) is 0 Å². The molecule has 0 saturated heterocycles. The van der Waals surface area contributed by atoms with Crippen LogP contribution in [0.25, 0.3) is 0 Å².